The number of benzene rings is 3. The maximum Gasteiger partial charge on any atom is 0.146 e. The monoisotopic (exact) mass is 463 g/mol. The van der Waals surface area contributed by atoms with Gasteiger partial charge in [0.1, 0.15) is 11.2 Å². The second-order valence-electron chi connectivity index (χ2n) is 9.59. The predicted octanol–water partition coefficient (Wildman–Crippen LogP) is 7.50. The number of imidazole rings is 1. The Kier molecular flexibility index (Phi) is 3.74. The summed E-state index contributed by atoms with van der Waals surface area (Å²) in [6, 6.07) is 21.8. The van der Waals surface area contributed by atoms with Gasteiger partial charge in [-0.05, 0) is 66.4 Å². The summed E-state index contributed by atoms with van der Waals surface area (Å²) < 4.78 is 2.20. The molecule has 0 aliphatic rings. The number of pyridine rings is 3. The van der Waals surface area contributed by atoms with Crippen molar-refractivity contribution in [3.05, 3.63) is 96.6 Å². The van der Waals surface area contributed by atoms with E-state index in [0.29, 0.717) is 0 Å². The van der Waals surface area contributed by atoms with Gasteiger partial charge in [-0.15, -0.1) is 0 Å². The SMILES string of the molecule is Cc1ccccc1-c1cc2[nH]c3c(ccc4c3c3ccncc3n3c5ccncc5nc43)c2cc1C. The van der Waals surface area contributed by atoms with Crippen LogP contribution in [0.15, 0.2) is 85.5 Å². The number of hydrogen-bond acceptors (Lipinski definition) is 3. The molecular weight excluding hydrogens is 442 g/mol. The molecule has 0 radical (unpaired) electrons. The minimum Gasteiger partial charge on any atom is -0.354 e. The first-order chi connectivity index (χ1) is 17.7. The first-order valence-corrected chi connectivity index (χ1v) is 12.1. The van der Waals surface area contributed by atoms with E-state index in [2.05, 4.69) is 87.8 Å². The summed E-state index contributed by atoms with van der Waals surface area (Å²) in [6.45, 7) is 4.38. The number of H-pyrrole nitrogens is 1. The molecule has 5 heteroatoms. The van der Waals surface area contributed by atoms with Gasteiger partial charge < -0.3 is 4.98 Å². The van der Waals surface area contributed by atoms with Crippen LogP contribution in [0.1, 0.15) is 11.1 Å². The third-order valence-electron chi connectivity index (χ3n) is 7.56. The zero-order chi connectivity index (χ0) is 24.0. The van der Waals surface area contributed by atoms with Gasteiger partial charge in [-0.3, -0.25) is 14.4 Å². The molecule has 0 aliphatic heterocycles. The minimum absolute atomic E-state index is 0.880. The van der Waals surface area contributed by atoms with Crippen LogP contribution >= 0.6 is 0 Å². The summed E-state index contributed by atoms with van der Waals surface area (Å²) in [5, 5.41) is 5.89. The smallest absolute Gasteiger partial charge is 0.146 e. The average molecular weight is 464 g/mol. The fourth-order valence-electron chi connectivity index (χ4n) is 5.89. The predicted molar refractivity (Wildman–Crippen MR) is 148 cm³/mol. The van der Waals surface area contributed by atoms with E-state index in [9.17, 15) is 0 Å². The lowest BCUT2D eigenvalue weighted by Crippen LogP contribution is -1.93. The van der Waals surface area contributed by atoms with E-state index in [1.807, 2.05) is 30.9 Å². The van der Waals surface area contributed by atoms with E-state index >= 15 is 0 Å². The van der Waals surface area contributed by atoms with E-state index in [0.717, 1.165) is 44.0 Å². The number of hydrogen-bond donors (Lipinski definition) is 1. The summed E-state index contributed by atoms with van der Waals surface area (Å²) in [5.74, 6) is 0. The van der Waals surface area contributed by atoms with Gasteiger partial charge in [0.15, 0.2) is 0 Å². The second-order valence-corrected chi connectivity index (χ2v) is 9.59. The minimum atomic E-state index is 0.880. The highest BCUT2D eigenvalue weighted by Crippen LogP contribution is 2.40. The van der Waals surface area contributed by atoms with Gasteiger partial charge in [-0.2, -0.15) is 0 Å². The Hall–Kier alpha value is -4.77. The van der Waals surface area contributed by atoms with Crippen molar-refractivity contribution in [1.29, 1.82) is 0 Å². The lowest BCUT2D eigenvalue weighted by molar-refractivity contribution is 1.27. The van der Waals surface area contributed by atoms with E-state index in [4.69, 9.17) is 4.98 Å². The van der Waals surface area contributed by atoms with Crippen LogP contribution < -0.4 is 0 Å². The molecule has 3 aromatic carbocycles. The number of aromatic nitrogens is 5. The molecule has 8 aromatic rings. The van der Waals surface area contributed by atoms with Crippen molar-refractivity contribution >= 4 is 60.2 Å². The van der Waals surface area contributed by atoms with Crippen molar-refractivity contribution < 1.29 is 0 Å². The number of aromatic amines is 1. The molecule has 0 saturated heterocycles. The Morgan fingerprint density at radius 3 is 2.44 bits per heavy atom. The Morgan fingerprint density at radius 2 is 1.53 bits per heavy atom. The van der Waals surface area contributed by atoms with Gasteiger partial charge in [-0.1, -0.05) is 30.3 Å². The molecule has 5 heterocycles. The maximum atomic E-state index is 4.99. The van der Waals surface area contributed by atoms with E-state index < -0.39 is 0 Å². The highest BCUT2D eigenvalue weighted by molar-refractivity contribution is 6.27. The van der Waals surface area contributed by atoms with Gasteiger partial charge in [-0.25, -0.2) is 4.98 Å². The Labute approximate surface area is 206 Å². The maximum absolute atomic E-state index is 4.99. The normalized spacial score (nSPS) is 12.2. The Balaban J connectivity index is 1.55. The van der Waals surface area contributed by atoms with E-state index in [1.54, 1.807) is 0 Å². The third kappa shape index (κ3) is 2.46. The topological polar surface area (TPSA) is 58.9 Å². The van der Waals surface area contributed by atoms with Crippen LogP contribution in [0.4, 0.5) is 0 Å². The second kappa shape index (κ2) is 6.89. The molecule has 0 spiro atoms. The molecule has 8 rings (SSSR count). The summed E-state index contributed by atoms with van der Waals surface area (Å²) in [7, 11) is 0. The zero-order valence-corrected chi connectivity index (χ0v) is 19.9. The fourth-order valence-corrected chi connectivity index (χ4v) is 5.89. The standard InChI is InChI=1S/C31H21N5/c1-17-5-3-4-6-19(17)23-14-25-24(13-18(23)2)20-7-8-22-29(30(20)34-25)21-9-11-33-16-28(21)36-27-10-12-32-15-26(27)35-31(22)36/h3-16,34H,1-2H3. The molecule has 0 saturated carbocycles. The van der Waals surface area contributed by atoms with Crippen molar-refractivity contribution in [1.82, 2.24) is 24.3 Å². The van der Waals surface area contributed by atoms with Crippen molar-refractivity contribution in [2.45, 2.75) is 13.8 Å². The third-order valence-corrected chi connectivity index (χ3v) is 7.56. The fraction of sp³-hybridized carbons (Fsp3) is 0.0645. The van der Waals surface area contributed by atoms with Gasteiger partial charge in [0.05, 0.1) is 28.9 Å². The molecule has 1 N–H and O–H groups in total. The Morgan fingerprint density at radius 1 is 0.694 bits per heavy atom. The van der Waals surface area contributed by atoms with Crippen molar-refractivity contribution in [3.63, 3.8) is 0 Å². The largest absolute Gasteiger partial charge is 0.354 e. The Bertz CT molecular complexity index is 2180. The van der Waals surface area contributed by atoms with Crippen LogP contribution in [0.5, 0.6) is 0 Å². The summed E-state index contributed by atoms with van der Waals surface area (Å²) in [5.41, 5.74) is 11.2. The molecule has 170 valence electrons. The average Bonchev–Trinajstić information content (AvgIpc) is 3.47. The molecular formula is C31H21N5. The van der Waals surface area contributed by atoms with Gasteiger partial charge >= 0.3 is 0 Å². The highest BCUT2D eigenvalue weighted by Gasteiger charge is 2.18. The summed E-state index contributed by atoms with van der Waals surface area (Å²) in [6.07, 6.45) is 7.45. The summed E-state index contributed by atoms with van der Waals surface area (Å²) in [4.78, 5) is 17.6. The molecule has 0 atom stereocenters. The molecule has 36 heavy (non-hydrogen) atoms. The van der Waals surface area contributed by atoms with E-state index in [-0.39, 0.29) is 0 Å². The number of aryl methyl sites for hydroxylation is 2. The number of nitrogens with one attached hydrogen (secondary N) is 1. The van der Waals surface area contributed by atoms with Crippen molar-refractivity contribution in [2.24, 2.45) is 0 Å². The van der Waals surface area contributed by atoms with Gasteiger partial charge in [0.2, 0.25) is 0 Å². The number of rotatable bonds is 1. The quantitative estimate of drug-likeness (QED) is 0.256. The molecule has 0 bridgehead atoms. The zero-order valence-electron chi connectivity index (χ0n) is 19.9. The van der Waals surface area contributed by atoms with Crippen LogP contribution in [0.2, 0.25) is 0 Å². The van der Waals surface area contributed by atoms with Crippen LogP contribution in [-0.2, 0) is 0 Å². The number of nitrogens with zero attached hydrogens (tertiary/aromatic N) is 4. The molecule has 0 unspecified atom stereocenters. The summed E-state index contributed by atoms with van der Waals surface area (Å²) >= 11 is 0. The van der Waals surface area contributed by atoms with Crippen LogP contribution in [0, 0.1) is 13.8 Å². The van der Waals surface area contributed by atoms with Gasteiger partial charge in [0, 0.05) is 44.8 Å². The number of fused-ring (bicyclic) bond motifs is 12. The van der Waals surface area contributed by atoms with Crippen molar-refractivity contribution in [3.8, 4) is 11.1 Å². The van der Waals surface area contributed by atoms with E-state index in [1.165, 1.54) is 38.4 Å². The highest BCUT2D eigenvalue weighted by atomic mass is 15.0. The molecule has 5 aromatic heterocycles. The first-order valence-electron chi connectivity index (χ1n) is 12.1. The van der Waals surface area contributed by atoms with Crippen molar-refractivity contribution in [2.75, 3.05) is 0 Å². The van der Waals surface area contributed by atoms with Gasteiger partial charge in [0.25, 0.3) is 0 Å². The molecule has 0 fully saturated rings. The van der Waals surface area contributed by atoms with Crippen LogP contribution in [-0.4, -0.2) is 24.3 Å². The lowest BCUT2D eigenvalue weighted by Gasteiger charge is -2.10. The van der Waals surface area contributed by atoms with Crippen LogP contribution in [0.3, 0.4) is 0 Å². The van der Waals surface area contributed by atoms with Crippen LogP contribution in [0.25, 0.3) is 71.3 Å². The first kappa shape index (κ1) is 19.5. The molecule has 0 amide bonds. The molecule has 0 aliphatic carbocycles. The molecule has 5 nitrogen and oxygen atoms in total. The lowest BCUT2D eigenvalue weighted by atomic mass is 9.95.